The lowest BCUT2D eigenvalue weighted by atomic mass is 9.87. The van der Waals surface area contributed by atoms with Crippen molar-refractivity contribution in [2.75, 3.05) is 12.3 Å². The van der Waals surface area contributed by atoms with Crippen molar-refractivity contribution in [3.05, 3.63) is 11.9 Å². The maximum Gasteiger partial charge on any atom is 0.271 e. The van der Waals surface area contributed by atoms with E-state index in [2.05, 4.69) is 10.4 Å². The Morgan fingerprint density at radius 1 is 1.53 bits per heavy atom. The average Bonchev–Trinajstić information content (AvgIpc) is 2.79. The van der Waals surface area contributed by atoms with Crippen molar-refractivity contribution >= 4 is 11.6 Å². The van der Waals surface area contributed by atoms with Crippen molar-refractivity contribution in [2.45, 2.75) is 45.3 Å². The number of aliphatic hydroxyl groups is 1. The fraction of sp³-hybridized carbons (Fsp3) is 0.692. The summed E-state index contributed by atoms with van der Waals surface area (Å²) in [5.74, 6) is 0.287. The van der Waals surface area contributed by atoms with Crippen LogP contribution in [0, 0.1) is 5.92 Å². The van der Waals surface area contributed by atoms with Gasteiger partial charge in [-0.2, -0.15) is 5.10 Å². The first-order chi connectivity index (χ1) is 9.11. The van der Waals surface area contributed by atoms with Crippen molar-refractivity contribution in [3.8, 4) is 0 Å². The number of carbonyl (C=O) groups is 1. The molecule has 0 aromatic carbocycles. The van der Waals surface area contributed by atoms with Crippen LogP contribution in [0.1, 0.15) is 43.1 Å². The number of aromatic nitrogens is 2. The molecule has 4 N–H and O–H groups in total. The van der Waals surface area contributed by atoms with E-state index in [9.17, 15) is 9.90 Å². The number of hydrogen-bond acceptors (Lipinski definition) is 4. The van der Waals surface area contributed by atoms with E-state index >= 15 is 0 Å². The quantitative estimate of drug-likeness (QED) is 0.750. The third-order valence-corrected chi connectivity index (χ3v) is 3.75. The molecular formula is C13H22N4O2. The molecule has 0 unspecified atom stereocenters. The smallest absolute Gasteiger partial charge is 0.271 e. The third-order valence-electron chi connectivity index (χ3n) is 3.75. The number of aliphatic hydroxyl groups excluding tert-OH is 1. The fourth-order valence-corrected chi connectivity index (χ4v) is 2.56. The van der Waals surface area contributed by atoms with Gasteiger partial charge in [-0.15, -0.1) is 0 Å². The second-order valence-electron chi connectivity index (χ2n) is 5.15. The highest BCUT2D eigenvalue weighted by Gasteiger charge is 2.21. The van der Waals surface area contributed by atoms with E-state index < -0.39 is 0 Å². The summed E-state index contributed by atoms with van der Waals surface area (Å²) < 4.78 is 1.61. The number of rotatable bonds is 4. The predicted molar refractivity (Wildman–Crippen MR) is 72.6 cm³/mol. The third kappa shape index (κ3) is 3.26. The molecule has 1 aromatic heterocycles. The normalized spacial score (nSPS) is 23.3. The summed E-state index contributed by atoms with van der Waals surface area (Å²) in [4.78, 5) is 12.1. The first-order valence-electron chi connectivity index (χ1n) is 6.89. The largest absolute Gasteiger partial charge is 0.396 e. The van der Waals surface area contributed by atoms with Crippen molar-refractivity contribution in [2.24, 2.45) is 5.92 Å². The molecule has 1 aromatic rings. The second-order valence-corrected chi connectivity index (χ2v) is 5.15. The van der Waals surface area contributed by atoms with E-state index in [1.807, 2.05) is 6.92 Å². The zero-order valence-electron chi connectivity index (χ0n) is 11.3. The lowest BCUT2D eigenvalue weighted by molar-refractivity contribution is 0.0902. The maximum atomic E-state index is 12.1. The molecular weight excluding hydrogens is 244 g/mol. The van der Waals surface area contributed by atoms with Crippen LogP contribution in [0.2, 0.25) is 0 Å². The van der Waals surface area contributed by atoms with E-state index in [0.717, 1.165) is 25.7 Å². The van der Waals surface area contributed by atoms with Crippen LogP contribution in [-0.4, -0.2) is 33.4 Å². The van der Waals surface area contributed by atoms with Crippen LogP contribution in [0.3, 0.4) is 0 Å². The van der Waals surface area contributed by atoms with Gasteiger partial charge in [0.15, 0.2) is 0 Å². The highest BCUT2D eigenvalue weighted by molar-refractivity contribution is 5.97. The van der Waals surface area contributed by atoms with Crippen molar-refractivity contribution in [1.82, 2.24) is 15.1 Å². The Kier molecular flexibility index (Phi) is 4.42. The molecule has 1 amide bonds. The van der Waals surface area contributed by atoms with E-state index in [1.54, 1.807) is 4.68 Å². The van der Waals surface area contributed by atoms with Crippen molar-refractivity contribution in [3.63, 3.8) is 0 Å². The summed E-state index contributed by atoms with van der Waals surface area (Å²) >= 11 is 0. The number of nitrogens with two attached hydrogens (primary N) is 1. The summed E-state index contributed by atoms with van der Waals surface area (Å²) in [6, 6.07) is 0. The number of hydrogen-bond donors (Lipinski definition) is 3. The Bertz CT molecular complexity index is 436. The highest BCUT2D eigenvalue weighted by Crippen LogP contribution is 2.23. The topological polar surface area (TPSA) is 93.2 Å². The summed E-state index contributed by atoms with van der Waals surface area (Å²) in [6.45, 7) is 3.18. The van der Waals surface area contributed by atoms with Crippen LogP contribution in [0.15, 0.2) is 6.20 Å². The molecule has 19 heavy (non-hydrogen) atoms. The molecule has 1 fully saturated rings. The monoisotopic (exact) mass is 266 g/mol. The van der Waals surface area contributed by atoms with Gasteiger partial charge in [0.25, 0.3) is 5.91 Å². The molecule has 1 aliphatic rings. The van der Waals surface area contributed by atoms with Crippen LogP contribution >= 0.6 is 0 Å². The van der Waals surface area contributed by atoms with Crippen LogP contribution in [0.25, 0.3) is 0 Å². The van der Waals surface area contributed by atoms with Gasteiger partial charge in [0, 0.05) is 13.1 Å². The molecule has 0 atom stereocenters. The number of amides is 1. The molecule has 0 saturated heterocycles. The van der Waals surface area contributed by atoms with Gasteiger partial charge >= 0.3 is 0 Å². The lowest BCUT2D eigenvalue weighted by Gasteiger charge is -2.25. The zero-order chi connectivity index (χ0) is 13.8. The standard InChI is InChI=1S/C13H22N4O2/c1-2-17-12(11(14)8-16-17)13(19)15-7-9-3-5-10(18)6-4-9/h8-10,18H,2-7,14H2,1H3,(H,15,19). The lowest BCUT2D eigenvalue weighted by Crippen LogP contribution is -2.33. The Labute approximate surface area is 113 Å². The van der Waals surface area contributed by atoms with Crippen LogP contribution < -0.4 is 11.1 Å². The summed E-state index contributed by atoms with van der Waals surface area (Å²) in [5, 5.41) is 16.4. The molecule has 106 valence electrons. The van der Waals surface area contributed by atoms with E-state index in [1.165, 1.54) is 6.20 Å². The minimum Gasteiger partial charge on any atom is -0.396 e. The van der Waals surface area contributed by atoms with Crippen molar-refractivity contribution in [1.29, 1.82) is 0 Å². The number of nitrogens with zero attached hydrogens (tertiary/aromatic N) is 2. The van der Waals surface area contributed by atoms with Gasteiger partial charge in [0.05, 0.1) is 18.0 Å². The number of anilines is 1. The maximum absolute atomic E-state index is 12.1. The Balaban J connectivity index is 1.89. The molecule has 0 bridgehead atoms. The van der Waals surface area contributed by atoms with Gasteiger partial charge in [-0.25, -0.2) is 0 Å². The number of nitrogen functional groups attached to an aromatic ring is 1. The molecule has 1 saturated carbocycles. The number of nitrogens with one attached hydrogen (secondary N) is 1. The molecule has 0 radical (unpaired) electrons. The fourth-order valence-electron chi connectivity index (χ4n) is 2.56. The molecule has 6 heteroatoms. The second kappa shape index (κ2) is 6.06. The first kappa shape index (κ1) is 13.9. The molecule has 1 aliphatic carbocycles. The minimum atomic E-state index is -0.164. The summed E-state index contributed by atoms with van der Waals surface area (Å²) in [7, 11) is 0. The Hall–Kier alpha value is -1.56. The van der Waals surface area contributed by atoms with Crippen LogP contribution in [-0.2, 0) is 6.54 Å². The Morgan fingerprint density at radius 2 is 2.21 bits per heavy atom. The van der Waals surface area contributed by atoms with E-state index in [4.69, 9.17) is 5.73 Å². The van der Waals surface area contributed by atoms with E-state index in [-0.39, 0.29) is 12.0 Å². The van der Waals surface area contributed by atoms with Gasteiger partial charge in [-0.05, 0) is 38.5 Å². The van der Waals surface area contributed by atoms with Gasteiger partial charge in [-0.1, -0.05) is 0 Å². The van der Waals surface area contributed by atoms with Gasteiger partial charge in [0.1, 0.15) is 5.69 Å². The summed E-state index contributed by atoms with van der Waals surface area (Å²) in [5.41, 5.74) is 6.63. The van der Waals surface area contributed by atoms with Gasteiger partial charge in [-0.3, -0.25) is 9.48 Å². The van der Waals surface area contributed by atoms with Crippen LogP contribution in [0.4, 0.5) is 5.69 Å². The number of aryl methyl sites for hydroxylation is 1. The van der Waals surface area contributed by atoms with Gasteiger partial charge in [0.2, 0.25) is 0 Å². The Morgan fingerprint density at radius 3 is 2.84 bits per heavy atom. The SMILES string of the molecule is CCn1ncc(N)c1C(=O)NCC1CCC(O)CC1. The van der Waals surface area contributed by atoms with Crippen LogP contribution in [0.5, 0.6) is 0 Å². The minimum absolute atomic E-state index is 0.163. The number of carbonyl (C=O) groups excluding carboxylic acids is 1. The first-order valence-corrected chi connectivity index (χ1v) is 6.89. The zero-order valence-corrected chi connectivity index (χ0v) is 11.3. The van der Waals surface area contributed by atoms with Gasteiger partial charge < -0.3 is 16.2 Å². The van der Waals surface area contributed by atoms with E-state index in [0.29, 0.717) is 30.4 Å². The molecule has 6 nitrogen and oxygen atoms in total. The molecule has 0 aliphatic heterocycles. The highest BCUT2D eigenvalue weighted by atomic mass is 16.3. The molecule has 1 heterocycles. The summed E-state index contributed by atoms with van der Waals surface area (Å²) in [6.07, 6.45) is 4.93. The average molecular weight is 266 g/mol. The predicted octanol–water partition coefficient (Wildman–Crippen LogP) is 0.766. The van der Waals surface area contributed by atoms with Crippen molar-refractivity contribution < 1.29 is 9.90 Å². The molecule has 2 rings (SSSR count). The molecule has 0 spiro atoms.